The van der Waals surface area contributed by atoms with Gasteiger partial charge in [-0.2, -0.15) is 13.2 Å². The first-order chi connectivity index (χ1) is 8.12. The highest BCUT2D eigenvalue weighted by Gasteiger charge is 2.34. The Hall–Kier alpha value is -0.980. The van der Waals surface area contributed by atoms with Gasteiger partial charge in [0, 0.05) is 0 Å². The topological polar surface area (TPSA) is 63.3 Å². The number of alkyl halides is 3. The van der Waals surface area contributed by atoms with Gasteiger partial charge in [0.2, 0.25) is 0 Å². The summed E-state index contributed by atoms with van der Waals surface area (Å²) in [5, 5.41) is 8.26. The third-order valence-corrected chi connectivity index (χ3v) is 2.93. The number of carbonyl (C=O) groups is 1. The van der Waals surface area contributed by atoms with Crippen LogP contribution < -0.4 is 5.73 Å². The summed E-state index contributed by atoms with van der Waals surface area (Å²) in [5.74, 6) is -1.39. The molecule has 8 heteroatoms. The third kappa shape index (κ3) is 3.51. The summed E-state index contributed by atoms with van der Waals surface area (Å²) in [5.41, 5.74) is 3.87. The lowest BCUT2D eigenvalue weighted by molar-refractivity contribution is -0.140. The largest absolute Gasteiger partial charge is 0.480 e. The minimum Gasteiger partial charge on any atom is -0.480 e. The lowest BCUT2D eigenvalue weighted by atomic mass is 10.00. The smallest absolute Gasteiger partial charge is 0.416 e. The van der Waals surface area contributed by atoms with Gasteiger partial charge in [-0.15, -0.1) is 0 Å². The molecule has 1 unspecified atom stereocenters. The van der Waals surface area contributed by atoms with Gasteiger partial charge in [0.15, 0.2) is 0 Å². The number of benzene rings is 1. The number of carboxylic acid groups (broad SMARTS) is 1. The predicted octanol–water partition coefficient (Wildman–Crippen LogP) is 2.97. The van der Waals surface area contributed by atoms with Crippen LogP contribution in [-0.4, -0.2) is 17.1 Å². The van der Waals surface area contributed by atoms with Gasteiger partial charge in [-0.05, 0) is 24.1 Å². The van der Waals surface area contributed by atoms with Crippen LogP contribution in [0.25, 0.3) is 0 Å². The fraction of sp³-hybridized carbons (Fsp3) is 0.300. The van der Waals surface area contributed by atoms with E-state index in [4.69, 9.17) is 34.0 Å². The van der Waals surface area contributed by atoms with Gasteiger partial charge < -0.3 is 10.8 Å². The Kier molecular flexibility index (Phi) is 4.47. The van der Waals surface area contributed by atoms with E-state index >= 15 is 0 Å². The Balaban J connectivity index is 3.24. The maximum Gasteiger partial charge on any atom is 0.416 e. The standard InChI is InChI=1S/C10H8Cl2F3NO2/c11-6-1-4(2-8(16)9(17)18)5(3-7(6)12)10(13,14)15/h1,3,8H,2,16H2,(H,17,18). The molecule has 0 bridgehead atoms. The second-order valence-corrected chi connectivity index (χ2v) is 4.38. The lowest BCUT2D eigenvalue weighted by Gasteiger charge is -2.15. The monoisotopic (exact) mass is 301 g/mol. The molecule has 3 nitrogen and oxygen atoms in total. The molecule has 0 fully saturated rings. The molecule has 0 saturated heterocycles. The van der Waals surface area contributed by atoms with E-state index in [1.165, 1.54) is 0 Å². The van der Waals surface area contributed by atoms with Crippen LogP contribution in [0.15, 0.2) is 12.1 Å². The Morgan fingerprint density at radius 3 is 2.28 bits per heavy atom. The van der Waals surface area contributed by atoms with Crippen molar-refractivity contribution in [2.45, 2.75) is 18.6 Å². The fourth-order valence-electron chi connectivity index (χ4n) is 1.35. The van der Waals surface area contributed by atoms with E-state index in [0.717, 1.165) is 6.07 Å². The number of hydrogen-bond donors (Lipinski definition) is 2. The van der Waals surface area contributed by atoms with Crippen molar-refractivity contribution in [3.8, 4) is 0 Å². The number of halogens is 5. The average molecular weight is 302 g/mol. The van der Waals surface area contributed by atoms with Crippen LogP contribution in [0.2, 0.25) is 10.0 Å². The zero-order chi connectivity index (χ0) is 14.1. The number of nitrogens with two attached hydrogens (primary N) is 1. The van der Waals surface area contributed by atoms with Crippen LogP contribution in [-0.2, 0) is 17.4 Å². The number of hydrogen-bond acceptors (Lipinski definition) is 2. The van der Waals surface area contributed by atoms with Gasteiger partial charge >= 0.3 is 12.1 Å². The molecular formula is C10H8Cl2F3NO2. The van der Waals surface area contributed by atoms with Gasteiger partial charge in [-0.25, -0.2) is 0 Å². The highest BCUT2D eigenvalue weighted by molar-refractivity contribution is 6.42. The molecular weight excluding hydrogens is 294 g/mol. The molecule has 0 radical (unpaired) electrons. The van der Waals surface area contributed by atoms with Crippen LogP contribution in [0, 0.1) is 0 Å². The molecule has 100 valence electrons. The first-order valence-electron chi connectivity index (χ1n) is 4.66. The first-order valence-corrected chi connectivity index (χ1v) is 5.42. The Bertz CT molecular complexity index is 477. The van der Waals surface area contributed by atoms with E-state index < -0.39 is 30.2 Å². The van der Waals surface area contributed by atoms with Crippen molar-refractivity contribution in [3.63, 3.8) is 0 Å². The number of carboxylic acids is 1. The normalized spacial score (nSPS) is 13.4. The van der Waals surface area contributed by atoms with Crippen LogP contribution in [0.5, 0.6) is 0 Å². The second kappa shape index (κ2) is 5.34. The Labute approximate surface area is 110 Å². The molecule has 0 aromatic heterocycles. The molecule has 0 heterocycles. The summed E-state index contributed by atoms with van der Waals surface area (Å²) in [7, 11) is 0. The van der Waals surface area contributed by atoms with E-state index in [2.05, 4.69) is 0 Å². The summed E-state index contributed by atoms with van der Waals surface area (Å²) < 4.78 is 38.2. The third-order valence-electron chi connectivity index (χ3n) is 2.21. The van der Waals surface area contributed by atoms with E-state index in [9.17, 15) is 18.0 Å². The molecule has 18 heavy (non-hydrogen) atoms. The second-order valence-electron chi connectivity index (χ2n) is 3.57. The van der Waals surface area contributed by atoms with Gasteiger partial charge in [-0.3, -0.25) is 4.79 Å². The van der Waals surface area contributed by atoms with Crippen molar-refractivity contribution in [3.05, 3.63) is 33.3 Å². The minimum absolute atomic E-state index is 0.0859. The van der Waals surface area contributed by atoms with Gasteiger partial charge in [0.25, 0.3) is 0 Å². The SMILES string of the molecule is NC(Cc1cc(Cl)c(Cl)cc1C(F)(F)F)C(=O)O. The summed E-state index contributed by atoms with van der Waals surface area (Å²) in [4.78, 5) is 10.6. The first kappa shape index (κ1) is 15.1. The number of aliphatic carboxylic acids is 1. The highest BCUT2D eigenvalue weighted by atomic mass is 35.5. The lowest BCUT2D eigenvalue weighted by Crippen LogP contribution is -2.33. The van der Waals surface area contributed by atoms with Crippen molar-refractivity contribution in [2.24, 2.45) is 5.73 Å². The zero-order valence-electron chi connectivity index (χ0n) is 8.76. The highest BCUT2D eigenvalue weighted by Crippen LogP contribution is 2.37. The molecule has 0 aliphatic heterocycles. The maximum absolute atomic E-state index is 12.7. The Morgan fingerprint density at radius 1 is 1.33 bits per heavy atom. The van der Waals surface area contributed by atoms with Crippen LogP contribution >= 0.6 is 23.2 Å². The van der Waals surface area contributed by atoms with Crippen molar-refractivity contribution in [1.29, 1.82) is 0 Å². The van der Waals surface area contributed by atoms with Gasteiger partial charge in [0.1, 0.15) is 6.04 Å². The molecule has 1 atom stereocenters. The summed E-state index contributed by atoms with van der Waals surface area (Å²) in [6.07, 6.45) is -5.14. The van der Waals surface area contributed by atoms with Crippen LogP contribution in [0.4, 0.5) is 13.2 Å². The molecule has 0 saturated carbocycles. The minimum atomic E-state index is -4.65. The quantitative estimate of drug-likeness (QED) is 0.902. The van der Waals surface area contributed by atoms with E-state index in [1.54, 1.807) is 0 Å². The summed E-state index contributed by atoms with van der Waals surface area (Å²) in [6.45, 7) is 0. The van der Waals surface area contributed by atoms with E-state index in [1.807, 2.05) is 0 Å². The Morgan fingerprint density at radius 2 is 1.83 bits per heavy atom. The van der Waals surface area contributed by atoms with Crippen LogP contribution in [0.1, 0.15) is 11.1 Å². The fourth-order valence-corrected chi connectivity index (χ4v) is 1.69. The van der Waals surface area contributed by atoms with Crippen molar-refractivity contribution < 1.29 is 23.1 Å². The molecule has 0 amide bonds. The van der Waals surface area contributed by atoms with E-state index in [-0.39, 0.29) is 15.6 Å². The molecule has 1 aromatic carbocycles. The number of rotatable bonds is 3. The molecule has 0 spiro atoms. The van der Waals surface area contributed by atoms with Crippen molar-refractivity contribution in [1.82, 2.24) is 0 Å². The van der Waals surface area contributed by atoms with Crippen molar-refractivity contribution >= 4 is 29.2 Å². The molecule has 3 N–H and O–H groups in total. The van der Waals surface area contributed by atoms with Gasteiger partial charge in [0.05, 0.1) is 15.6 Å². The van der Waals surface area contributed by atoms with Crippen molar-refractivity contribution in [2.75, 3.05) is 0 Å². The maximum atomic E-state index is 12.7. The molecule has 0 aliphatic rings. The predicted molar refractivity (Wildman–Crippen MR) is 60.8 cm³/mol. The van der Waals surface area contributed by atoms with E-state index in [0.29, 0.717) is 6.07 Å². The molecule has 1 rings (SSSR count). The summed E-state index contributed by atoms with van der Waals surface area (Å²) >= 11 is 11.1. The van der Waals surface area contributed by atoms with Crippen LogP contribution in [0.3, 0.4) is 0 Å². The van der Waals surface area contributed by atoms with Gasteiger partial charge in [-0.1, -0.05) is 23.2 Å². The molecule has 0 aliphatic carbocycles. The zero-order valence-corrected chi connectivity index (χ0v) is 10.3. The average Bonchev–Trinajstić information content (AvgIpc) is 2.21. The molecule has 1 aromatic rings. The summed E-state index contributed by atoms with van der Waals surface area (Å²) in [6, 6.07) is 0.201.